The fourth-order valence-electron chi connectivity index (χ4n) is 3.16. The van der Waals surface area contributed by atoms with Crippen molar-refractivity contribution >= 4 is 0 Å². The van der Waals surface area contributed by atoms with Crippen LogP contribution >= 0.6 is 0 Å². The van der Waals surface area contributed by atoms with Crippen molar-refractivity contribution in [2.75, 3.05) is 19.6 Å². The second-order valence-corrected chi connectivity index (χ2v) is 6.49. The number of benzene rings is 1. The van der Waals surface area contributed by atoms with Crippen LogP contribution in [0.25, 0.3) is 0 Å². The van der Waals surface area contributed by atoms with Gasteiger partial charge in [0, 0.05) is 24.2 Å². The molecule has 0 aromatic heterocycles. The zero-order valence-corrected chi connectivity index (χ0v) is 13.2. The van der Waals surface area contributed by atoms with Gasteiger partial charge in [-0.1, -0.05) is 19.9 Å². The minimum absolute atomic E-state index is 0.155. The molecule has 1 heterocycles. The van der Waals surface area contributed by atoms with E-state index in [-0.39, 0.29) is 11.6 Å². The normalized spacial score (nSPS) is 19.1. The van der Waals surface area contributed by atoms with Crippen LogP contribution in [0.2, 0.25) is 0 Å². The molecule has 0 bridgehead atoms. The molecule has 1 saturated heterocycles. The Kier molecular flexibility index (Phi) is 5.71. The van der Waals surface area contributed by atoms with E-state index < -0.39 is 11.6 Å². The van der Waals surface area contributed by atoms with Crippen molar-refractivity contribution in [3.8, 4) is 0 Å². The number of likely N-dealkylation sites (tertiary alicyclic amines) is 1. The standard InChI is InChI=1S/C17H26F2N2/c1-12(2)11-21-9-7-14(8-10-21)20-13(3)17-15(18)5-4-6-16(17)19/h4-6,12-14,20H,7-11H2,1-3H3. The molecule has 2 rings (SSSR count). The lowest BCUT2D eigenvalue weighted by atomic mass is 10.0. The topological polar surface area (TPSA) is 15.3 Å². The molecule has 1 aliphatic rings. The first-order valence-electron chi connectivity index (χ1n) is 7.89. The highest BCUT2D eigenvalue weighted by atomic mass is 19.1. The van der Waals surface area contributed by atoms with E-state index in [0.717, 1.165) is 32.5 Å². The highest BCUT2D eigenvalue weighted by Crippen LogP contribution is 2.22. The summed E-state index contributed by atoms with van der Waals surface area (Å²) in [6.07, 6.45) is 2.07. The number of hydrogen-bond donors (Lipinski definition) is 1. The van der Waals surface area contributed by atoms with Gasteiger partial charge in [-0.25, -0.2) is 8.78 Å². The third-order valence-corrected chi connectivity index (χ3v) is 4.13. The van der Waals surface area contributed by atoms with E-state index in [2.05, 4.69) is 24.1 Å². The van der Waals surface area contributed by atoms with Gasteiger partial charge in [-0.2, -0.15) is 0 Å². The molecule has 1 aliphatic heterocycles. The number of hydrogen-bond acceptors (Lipinski definition) is 2. The molecule has 1 fully saturated rings. The summed E-state index contributed by atoms with van der Waals surface area (Å²) in [5.74, 6) is -0.250. The van der Waals surface area contributed by atoms with Crippen molar-refractivity contribution in [3.63, 3.8) is 0 Å². The Labute approximate surface area is 126 Å². The molecule has 0 aliphatic carbocycles. The molecule has 21 heavy (non-hydrogen) atoms. The van der Waals surface area contributed by atoms with Gasteiger partial charge in [-0.15, -0.1) is 0 Å². The number of rotatable bonds is 5. The lowest BCUT2D eigenvalue weighted by Crippen LogP contribution is -2.44. The highest BCUT2D eigenvalue weighted by Gasteiger charge is 2.23. The Balaban J connectivity index is 1.88. The highest BCUT2D eigenvalue weighted by molar-refractivity contribution is 5.22. The van der Waals surface area contributed by atoms with Crippen molar-refractivity contribution in [1.29, 1.82) is 0 Å². The minimum atomic E-state index is -0.466. The average molecular weight is 296 g/mol. The predicted octanol–water partition coefficient (Wildman–Crippen LogP) is 3.74. The lowest BCUT2D eigenvalue weighted by molar-refractivity contribution is 0.175. The fraction of sp³-hybridized carbons (Fsp3) is 0.647. The molecule has 1 N–H and O–H groups in total. The summed E-state index contributed by atoms with van der Waals surface area (Å²) in [6.45, 7) is 9.54. The zero-order valence-electron chi connectivity index (χ0n) is 13.2. The van der Waals surface area contributed by atoms with E-state index >= 15 is 0 Å². The molecule has 4 heteroatoms. The molecule has 0 radical (unpaired) electrons. The van der Waals surface area contributed by atoms with Crippen LogP contribution in [0.4, 0.5) is 8.78 Å². The lowest BCUT2D eigenvalue weighted by Gasteiger charge is -2.34. The molecule has 1 aromatic rings. The molecular weight excluding hydrogens is 270 g/mol. The first-order valence-corrected chi connectivity index (χ1v) is 7.89. The maximum absolute atomic E-state index is 13.8. The first kappa shape index (κ1) is 16.4. The summed E-state index contributed by atoms with van der Waals surface area (Å²) in [5.41, 5.74) is 0.155. The molecule has 0 amide bonds. The van der Waals surface area contributed by atoms with Crippen LogP contribution in [0, 0.1) is 17.6 Å². The molecule has 0 saturated carbocycles. The molecule has 1 unspecified atom stereocenters. The third-order valence-electron chi connectivity index (χ3n) is 4.13. The van der Waals surface area contributed by atoms with Crippen LogP contribution < -0.4 is 5.32 Å². The van der Waals surface area contributed by atoms with E-state index in [1.165, 1.54) is 18.2 Å². The minimum Gasteiger partial charge on any atom is -0.307 e. The summed E-state index contributed by atoms with van der Waals surface area (Å²) in [5, 5.41) is 3.38. The largest absolute Gasteiger partial charge is 0.307 e. The zero-order chi connectivity index (χ0) is 15.4. The van der Waals surface area contributed by atoms with Crippen LogP contribution in [0.5, 0.6) is 0 Å². The van der Waals surface area contributed by atoms with Gasteiger partial charge < -0.3 is 10.2 Å². The second kappa shape index (κ2) is 7.32. The SMILES string of the molecule is CC(C)CN1CCC(NC(C)c2c(F)cccc2F)CC1. The summed E-state index contributed by atoms with van der Waals surface area (Å²) in [6, 6.07) is 4.09. The van der Waals surface area contributed by atoms with Gasteiger partial charge in [0.05, 0.1) is 0 Å². The number of halogens is 2. The van der Waals surface area contributed by atoms with Crippen molar-refractivity contribution < 1.29 is 8.78 Å². The Bertz CT molecular complexity index is 434. The van der Waals surface area contributed by atoms with E-state index in [1.54, 1.807) is 0 Å². The molecule has 1 aromatic carbocycles. The van der Waals surface area contributed by atoms with Gasteiger partial charge >= 0.3 is 0 Å². The molecule has 118 valence electrons. The number of nitrogens with one attached hydrogen (secondary N) is 1. The maximum Gasteiger partial charge on any atom is 0.130 e. The van der Waals surface area contributed by atoms with Crippen molar-refractivity contribution in [2.24, 2.45) is 5.92 Å². The van der Waals surface area contributed by atoms with Crippen LogP contribution in [0.1, 0.15) is 45.2 Å². The summed E-state index contributed by atoms with van der Waals surface area (Å²) in [7, 11) is 0. The Morgan fingerprint density at radius 3 is 2.24 bits per heavy atom. The predicted molar refractivity (Wildman–Crippen MR) is 82.2 cm³/mol. The summed E-state index contributed by atoms with van der Waals surface area (Å²) < 4.78 is 27.5. The van der Waals surface area contributed by atoms with Gasteiger partial charge in [0.1, 0.15) is 11.6 Å². The molecule has 2 nitrogen and oxygen atoms in total. The maximum atomic E-state index is 13.8. The van der Waals surface area contributed by atoms with Crippen molar-refractivity contribution in [3.05, 3.63) is 35.4 Å². The first-order chi connectivity index (χ1) is 9.97. The number of piperidine rings is 1. The van der Waals surface area contributed by atoms with Crippen molar-refractivity contribution in [2.45, 2.75) is 45.7 Å². The van der Waals surface area contributed by atoms with Crippen molar-refractivity contribution in [1.82, 2.24) is 10.2 Å². The smallest absolute Gasteiger partial charge is 0.130 e. The monoisotopic (exact) mass is 296 g/mol. The van der Waals surface area contributed by atoms with Crippen LogP contribution in [0.15, 0.2) is 18.2 Å². The van der Waals surface area contributed by atoms with E-state index in [0.29, 0.717) is 12.0 Å². The van der Waals surface area contributed by atoms with Gasteiger partial charge in [-0.05, 0) is 50.9 Å². The van der Waals surface area contributed by atoms with Gasteiger partial charge in [0.2, 0.25) is 0 Å². The average Bonchev–Trinajstić information content (AvgIpc) is 2.40. The third kappa shape index (κ3) is 4.48. The molecular formula is C17H26F2N2. The van der Waals surface area contributed by atoms with Crippen LogP contribution in [-0.2, 0) is 0 Å². The Morgan fingerprint density at radius 1 is 1.14 bits per heavy atom. The van der Waals surface area contributed by atoms with Crippen LogP contribution in [0.3, 0.4) is 0 Å². The number of nitrogens with zero attached hydrogens (tertiary/aromatic N) is 1. The Hall–Kier alpha value is -1.00. The van der Waals surface area contributed by atoms with Gasteiger partial charge in [0.25, 0.3) is 0 Å². The van der Waals surface area contributed by atoms with Gasteiger partial charge in [0.15, 0.2) is 0 Å². The fourth-order valence-corrected chi connectivity index (χ4v) is 3.16. The van der Waals surface area contributed by atoms with E-state index in [9.17, 15) is 8.78 Å². The van der Waals surface area contributed by atoms with Gasteiger partial charge in [-0.3, -0.25) is 0 Å². The van der Waals surface area contributed by atoms with Crippen LogP contribution in [-0.4, -0.2) is 30.6 Å². The molecule has 0 spiro atoms. The molecule has 1 atom stereocenters. The second-order valence-electron chi connectivity index (χ2n) is 6.49. The quantitative estimate of drug-likeness (QED) is 0.890. The summed E-state index contributed by atoms with van der Waals surface area (Å²) in [4.78, 5) is 2.47. The summed E-state index contributed by atoms with van der Waals surface area (Å²) >= 11 is 0. The Morgan fingerprint density at radius 2 is 1.71 bits per heavy atom. The van der Waals surface area contributed by atoms with E-state index in [1.807, 2.05) is 6.92 Å². The van der Waals surface area contributed by atoms with E-state index in [4.69, 9.17) is 0 Å².